The molecule has 0 fully saturated rings. The first kappa shape index (κ1) is 17.5. The Hall–Kier alpha value is -1.86. The molecule has 0 saturated heterocycles. The lowest BCUT2D eigenvalue weighted by molar-refractivity contribution is 0.0951. The van der Waals surface area contributed by atoms with Crippen molar-refractivity contribution in [2.75, 3.05) is 11.0 Å². The Morgan fingerprint density at radius 1 is 1.17 bits per heavy atom. The van der Waals surface area contributed by atoms with Crippen molar-refractivity contribution in [2.24, 2.45) is 0 Å². The van der Waals surface area contributed by atoms with Crippen molar-refractivity contribution < 1.29 is 13.2 Å². The van der Waals surface area contributed by atoms with Crippen LogP contribution in [0.5, 0.6) is 0 Å². The van der Waals surface area contributed by atoms with Crippen LogP contribution in [0.3, 0.4) is 0 Å². The summed E-state index contributed by atoms with van der Waals surface area (Å²) in [5.74, 6) is -0.333. The topological polar surface area (TPSA) is 75.3 Å². The number of amides is 1. The van der Waals surface area contributed by atoms with Gasteiger partial charge in [0.25, 0.3) is 5.91 Å². The van der Waals surface area contributed by atoms with Crippen molar-refractivity contribution in [3.63, 3.8) is 0 Å². The van der Waals surface area contributed by atoms with Crippen LogP contribution in [0.1, 0.15) is 21.5 Å². The summed E-state index contributed by atoms with van der Waals surface area (Å²) in [4.78, 5) is 12.4. The first-order chi connectivity index (χ1) is 10.7. The van der Waals surface area contributed by atoms with Gasteiger partial charge in [-0.1, -0.05) is 39.7 Å². The van der Waals surface area contributed by atoms with Crippen molar-refractivity contribution in [3.8, 4) is 0 Å². The van der Waals surface area contributed by atoms with Gasteiger partial charge in [0.15, 0.2) is 0 Å². The van der Waals surface area contributed by atoms with E-state index in [4.69, 9.17) is 0 Å². The molecule has 0 aliphatic carbocycles. The van der Waals surface area contributed by atoms with E-state index in [9.17, 15) is 13.2 Å². The minimum atomic E-state index is -3.45. The zero-order valence-corrected chi connectivity index (χ0v) is 15.2. The molecule has 2 rings (SSSR count). The van der Waals surface area contributed by atoms with Crippen LogP contribution in [0.15, 0.2) is 46.9 Å². The molecule has 2 aromatic carbocycles. The average Bonchev–Trinajstić information content (AvgIpc) is 2.45. The Morgan fingerprint density at radius 2 is 1.91 bits per heavy atom. The zero-order valence-electron chi connectivity index (χ0n) is 12.8. The molecule has 0 aliphatic rings. The van der Waals surface area contributed by atoms with Crippen molar-refractivity contribution >= 4 is 37.5 Å². The lowest BCUT2D eigenvalue weighted by Gasteiger charge is -2.12. The molecule has 0 unspecified atom stereocenters. The average molecular weight is 397 g/mol. The van der Waals surface area contributed by atoms with Gasteiger partial charge in [-0.05, 0) is 36.8 Å². The number of halogens is 1. The summed E-state index contributed by atoms with van der Waals surface area (Å²) >= 11 is 3.38. The molecule has 0 bridgehead atoms. The highest BCUT2D eigenvalue weighted by atomic mass is 79.9. The van der Waals surface area contributed by atoms with Gasteiger partial charge in [0, 0.05) is 11.0 Å². The number of carbonyl (C=O) groups excluding carboxylic acids is 1. The van der Waals surface area contributed by atoms with Crippen molar-refractivity contribution in [1.29, 1.82) is 0 Å². The summed E-state index contributed by atoms with van der Waals surface area (Å²) in [5.41, 5.74) is 2.38. The van der Waals surface area contributed by atoms with Gasteiger partial charge < -0.3 is 5.32 Å². The van der Waals surface area contributed by atoms with Crippen LogP contribution in [0.4, 0.5) is 5.69 Å². The summed E-state index contributed by atoms with van der Waals surface area (Å²) in [7, 11) is -3.45. The van der Waals surface area contributed by atoms with E-state index in [2.05, 4.69) is 26.0 Å². The number of rotatable bonds is 5. The van der Waals surface area contributed by atoms with E-state index in [1.807, 2.05) is 31.2 Å². The molecule has 0 aliphatic heterocycles. The summed E-state index contributed by atoms with van der Waals surface area (Å²) in [6, 6.07) is 12.6. The fraction of sp³-hybridized carbons (Fsp3) is 0.188. The number of sulfonamides is 1. The summed E-state index contributed by atoms with van der Waals surface area (Å²) < 4.78 is 26.2. The second-order valence-corrected chi connectivity index (χ2v) is 7.90. The molecule has 0 aromatic heterocycles. The molecule has 0 radical (unpaired) electrons. The van der Waals surface area contributed by atoms with Gasteiger partial charge >= 0.3 is 0 Å². The van der Waals surface area contributed by atoms with Crippen LogP contribution >= 0.6 is 15.9 Å². The lowest BCUT2D eigenvalue weighted by Crippen LogP contribution is -2.24. The van der Waals surface area contributed by atoms with Crippen molar-refractivity contribution in [3.05, 3.63) is 63.6 Å². The van der Waals surface area contributed by atoms with Gasteiger partial charge in [-0.3, -0.25) is 9.52 Å². The second kappa shape index (κ2) is 7.14. The zero-order chi connectivity index (χ0) is 17.0. The van der Waals surface area contributed by atoms with Crippen molar-refractivity contribution in [1.82, 2.24) is 5.32 Å². The van der Waals surface area contributed by atoms with Crippen LogP contribution < -0.4 is 10.0 Å². The van der Waals surface area contributed by atoms with Crippen LogP contribution in [-0.2, 0) is 16.6 Å². The summed E-state index contributed by atoms with van der Waals surface area (Å²) in [6.45, 7) is 2.19. The molecule has 122 valence electrons. The molecule has 2 aromatic rings. The predicted octanol–water partition coefficient (Wildman–Crippen LogP) is 3.06. The molecule has 5 nitrogen and oxygen atoms in total. The Labute approximate surface area is 144 Å². The highest BCUT2D eigenvalue weighted by Gasteiger charge is 2.14. The third-order valence-corrected chi connectivity index (χ3v) is 4.14. The first-order valence-electron chi connectivity index (χ1n) is 6.86. The Bertz CT molecular complexity index is 835. The van der Waals surface area contributed by atoms with E-state index in [0.29, 0.717) is 12.1 Å². The van der Waals surface area contributed by atoms with Crippen LogP contribution in [-0.4, -0.2) is 20.6 Å². The van der Waals surface area contributed by atoms with Gasteiger partial charge in [0.2, 0.25) is 10.0 Å². The number of carbonyl (C=O) groups is 1. The smallest absolute Gasteiger partial charge is 0.253 e. The van der Waals surface area contributed by atoms with E-state index in [1.54, 1.807) is 18.2 Å². The molecule has 2 N–H and O–H groups in total. The lowest BCUT2D eigenvalue weighted by atomic mass is 10.1. The highest BCUT2D eigenvalue weighted by Crippen LogP contribution is 2.19. The SMILES string of the molecule is Cc1ccc(NS(C)(=O)=O)c(C(=O)NCc2cccc(Br)c2)c1. The number of hydrogen-bond acceptors (Lipinski definition) is 3. The van der Waals surface area contributed by atoms with E-state index in [0.717, 1.165) is 21.9 Å². The summed E-state index contributed by atoms with van der Waals surface area (Å²) in [5, 5.41) is 2.80. The highest BCUT2D eigenvalue weighted by molar-refractivity contribution is 9.10. The minimum absolute atomic E-state index is 0.268. The quantitative estimate of drug-likeness (QED) is 0.815. The van der Waals surface area contributed by atoms with Gasteiger partial charge in [0.1, 0.15) is 0 Å². The second-order valence-electron chi connectivity index (χ2n) is 5.24. The Kier molecular flexibility index (Phi) is 5.43. The monoisotopic (exact) mass is 396 g/mol. The normalized spacial score (nSPS) is 11.1. The van der Waals surface area contributed by atoms with Gasteiger partial charge in [0.05, 0.1) is 17.5 Å². The van der Waals surface area contributed by atoms with E-state index >= 15 is 0 Å². The summed E-state index contributed by atoms with van der Waals surface area (Å²) in [6.07, 6.45) is 1.05. The van der Waals surface area contributed by atoms with Gasteiger partial charge in [-0.15, -0.1) is 0 Å². The third kappa shape index (κ3) is 5.37. The van der Waals surface area contributed by atoms with Gasteiger partial charge in [-0.2, -0.15) is 0 Å². The molecule has 0 atom stereocenters. The standard InChI is InChI=1S/C16H17BrN2O3S/c1-11-6-7-15(19-23(2,21)22)14(8-11)16(20)18-10-12-4-3-5-13(17)9-12/h3-9,19H,10H2,1-2H3,(H,18,20). The molecule has 0 spiro atoms. The van der Waals surface area contributed by atoms with Crippen molar-refractivity contribution in [2.45, 2.75) is 13.5 Å². The van der Waals surface area contributed by atoms with E-state index < -0.39 is 10.0 Å². The van der Waals surface area contributed by atoms with Crippen LogP contribution in [0, 0.1) is 6.92 Å². The maximum Gasteiger partial charge on any atom is 0.253 e. The maximum absolute atomic E-state index is 12.4. The molecule has 7 heteroatoms. The van der Waals surface area contributed by atoms with Crippen LogP contribution in [0.25, 0.3) is 0 Å². The largest absolute Gasteiger partial charge is 0.348 e. The molecule has 0 heterocycles. The molecule has 23 heavy (non-hydrogen) atoms. The molecule has 0 saturated carbocycles. The molecule has 1 amide bonds. The number of nitrogens with one attached hydrogen (secondary N) is 2. The fourth-order valence-corrected chi connectivity index (χ4v) is 3.08. The van der Waals surface area contributed by atoms with Gasteiger partial charge in [-0.25, -0.2) is 8.42 Å². The first-order valence-corrected chi connectivity index (χ1v) is 9.54. The third-order valence-electron chi connectivity index (χ3n) is 3.06. The fourth-order valence-electron chi connectivity index (χ4n) is 2.06. The number of anilines is 1. The Balaban J connectivity index is 2.19. The number of aryl methyl sites for hydroxylation is 1. The van der Waals surface area contributed by atoms with E-state index in [1.165, 1.54) is 0 Å². The van der Waals surface area contributed by atoms with Crippen LogP contribution in [0.2, 0.25) is 0 Å². The molecular weight excluding hydrogens is 380 g/mol. The predicted molar refractivity (Wildman–Crippen MR) is 95.0 cm³/mol. The maximum atomic E-state index is 12.4. The number of benzene rings is 2. The minimum Gasteiger partial charge on any atom is -0.348 e. The number of hydrogen-bond donors (Lipinski definition) is 2. The Morgan fingerprint density at radius 3 is 2.57 bits per heavy atom. The molecular formula is C16H17BrN2O3S. The van der Waals surface area contributed by atoms with E-state index in [-0.39, 0.29) is 11.6 Å².